The lowest BCUT2D eigenvalue weighted by Crippen LogP contribution is -2.16. The number of halogens is 4. The van der Waals surface area contributed by atoms with Gasteiger partial charge in [0.25, 0.3) is 0 Å². The first-order valence-corrected chi connectivity index (χ1v) is 9.57. The number of hydrogen-bond acceptors (Lipinski definition) is 0. The predicted octanol–water partition coefficient (Wildman–Crippen LogP) is 4.54. The van der Waals surface area contributed by atoms with Gasteiger partial charge in [0.15, 0.2) is 0 Å². The van der Waals surface area contributed by atoms with Gasteiger partial charge in [0.1, 0.15) is 8.07 Å². The molecule has 0 amide bonds. The van der Waals surface area contributed by atoms with Crippen molar-refractivity contribution in [3.63, 3.8) is 0 Å². The molecular weight excluding hydrogens is 356 g/mol. The van der Waals surface area contributed by atoms with Crippen LogP contribution >= 0.6 is 22.6 Å². The molecule has 0 spiro atoms. The van der Waals surface area contributed by atoms with Crippen LogP contribution in [0.1, 0.15) is 11.1 Å². The second-order valence-corrected chi connectivity index (χ2v) is 10.6. The van der Waals surface area contributed by atoms with Crippen molar-refractivity contribution in [3.05, 3.63) is 32.9 Å². The van der Waals surface area contributed by atoms with E-state index in [1.54, 1.807) is 0 Å². The van der Waals surface area contributed by atoms with Crippen molar-refractivity contribution in [2.24, 2.45) is 0 Å². The summed E-state index contributed by atoms with van der Waals surface area (Å²) in [4.78, 5) is 0. The molecule has 0 unspecified atom stereocenters. The third-order valence-electron chi connectivity index (χ3n) is 1.87. The van der Waals surface area contributed by atoms with Gasteiger partial charge in [-0.25, -0.2) is 0 Å². The zero-order valence-electron chi connectivity index (χ0n) is 9.74. The van der Waals surface area contributed by atoms with Gasteiger partial charge in [-0.3, -0.25) is 0 Å². The highest BCUT2D eigenvalue weighted by atomic mass is 127. The maximum Gasteiger partial charge on any atom is 0.416 e. The highest BCUT2D eigenvalue weighted by Gasteiger charge is 2.30. The Morgan fingerprint density at radius 2 is 1.76 bits per heavy atom. The Kier molecular flexibility index (Phi) is 4.31. The number of benzene rings is 1. The zero-order chi connectivity index (χ0) is 13.3. The molecule has 0 nitrogen and oxygen atoms in total. The first-order valence-electron chi connectivity index (χ1n) is 4.99. The normalized spacial score (nSPS) is 11.9. The zero-order valence-corrected chi connectivity index (χ0v) is 12.9. The first kappa shape index (κ1) is 14.6. The SMILES string of the molecule is C[Si](C)(C)C#Cc1cc(C(F)(F)F)ccc1I. The molecule has 5 heteroatoms. The number of hydrogen-bond donors (Lipinski definition) is 0. The molecule has 1 aromatic carbocycles. The van der Waals surface area contributed by atoms with Crippen LogP contribution in [0.4, 0.5) is 13.2 Å². The minimum Gasteiger partial charge on any atom is -0.166 e. The quantitative estimate of drug-likeness (QED) is 0.358. The van der Waals surface area contributed by atoms with E-state index in [2.05, 4.69) is 31.1 Å². The highest BCUT2D eigenvalue weighted by molar-refractivity contribution is 14.1. The largest absolute Gasteiger partial charge is 0.416 e. The van der Waals surface area contributed by atoms with Gasteiger partial charge in [-0.1, -0.05) is 25.6 Å². The molecule has 0 saturated heterocycles. The van der Waals surface area contributed by atoms with E-state index in [0.29, 0.717) is 5.56 Å². The summed E-state index contributed by atoms with van der Waals surface area (Å²) in [5, 5.41) is 0. The molecule has 0 aliphatic carbocycles. The summed E-state index contributed by atoms with van der Waals surface area (Å²) in [6, 6.07) is 3.66. The Bertz CT molecular complexity index is 475. The third-order valence-corrected chi connectivity index (χ3v) is 3.68. The van der Waals surface area contributed by atoms with Gasteiger partial charge in [0.2, 0.25) is 0 Å². The lowest BCUT2D eigenvalue weighted by atomic mass is 10.1. The van der Waals surface area contributed by atoms with Crippen LogP contribution in [-0.4, -0.2) is 8.07 Å². The van der Waals surface area contributed by atoms with E-state index in [1.807, 2.05) is 22.6 Å². The standard InChI is InChI=1S/C12H12F3ISi/c1-17(2,3)7-6-9-8-10(12(13,14)15)4-5-11(9)16/h4-5,8H,1-3H3. The average Bonchev–Trinajstić information content (AvgIpc) is 2.13. The van der Waals surface area contributed by atoms with Crippen LogP contribution in [0.15, 0.2) is 18.2 Å². The Morgan fingerprint density at radius 3 is 2.24 bits per heavy atom. The van der Waals surface area contributed by atoms with Gasteiger partial charge in [-0.2, -0.15) is 13.2 Å². The topological polar surface area (TPSA) is 0 Å². The van der Waals surface area contributed by atoms with Crippen molar-refractivity contribution < 1.29 is 13.2 Å². The minimum atomic E-state index is -4.31. The average molecular weight is 368 g/mol. The molecule has 92 valence electrons. The first-order chi connectivity index (χ1) is 7.59. The maximum atomic E-state index is 12.5. The smallest absolute Gasteiger partial charge is 0.166 e. The van der Waals surface area contributed by atoms with E-state index in [0.717, 1.165) is 15.7 Å². The summed E-state index contributed by atoms with van der Waals surface area (Å²) in [7, 11) is -1.57. The van der Waals surface area contributed by atoms with Gasteiger partial charge in [0.05, 0.1) is 5.56 Å². The monoisotopic (exact) mass is 368 g/mol. The fourth-order valence-corrected chi connectivity index (χ4v) is 2.03. The third kappa shape index (κ3) is 4.72. The molecule has 17 heavy (non-hydrogen) atoms. The Balaban J connectivity index is 3.20. The van der Waals surface area contributed by atoms with Gasteiger partial charge >= 0.3 is 6.18 Å². The molecule has 0 aliphatic rings. The van der Waals surface area contributed by atoms with E-state index in [9.17, 15) is 13.2 Å². The van der Waals surface area contributed by atoms with Crippen LogP contribution in [0.3, 0.4) is 0 Å². The van der Waals surface area contributed by atoms with E-state index in [-0.39, 0.29) is 0 Å². The number of rotatable bonds is 0. The van der Waals surface area contributed by atoms with E-state index >= 15 is 0 Å². The van der Waals surface area contributed by atoms with Crippen LogP contribution in [0, 0.1) is 15.0 Å². The van der Waals surface area contributed by atoms with Crippen molar-refractivity contribution in [1.82, 2.24) is 0 Å². The van der Waals surface area contributed by atoms with E-state index in [1.165, 1.54) is 6.07 Å². The fourth-order valence-electron chi connectivity index (χ4n) is 1.05. The molecular formula is C12H12F3ISi. The van der Waals surface area contributed by atoms with E-state index in [4.69, 9.17) is 0 Å². The van der Waals surface area contributed by atoms with Crippen LogP contribution < -0.4 is 0 Å². The summed E-state index contributed by atoms with van der Waals surface area (Å²) >= 11 is 2.00. The van der Waals surface area contributed by atoms with Crippen LogP contribution in [0.25, 0.3) is 0 Å². The molecule has 0 heterocycles. The number of alkyl halides is 3. The van der Waals surface area contributed by atoms with Crippen molar-refractivity contribution in [1.29, 1.82) is 0 Å². The second-order valence-electron chi connectivity index (χ2n) is 4.69. The second kappa shape index (κ2) is 5.02. The van der Waals surface area contributed by atoms with Gasteiger partial charge in [0, 0.05) is 9.13 Å². The van der Waals surface area contributed by atoms with Crippen molar-refractivity contribution in [3.8, 4) is 11.5 Å². The molecule has 0 aliphatic heterocycles. The summed E-state index contributed by atoms with van der Waals surface area (Å²) in [5.41, 5.74) is 2.89. The van der Waals surface area contributed by atoms with Crippen molar-refractivity contribution in [2.45, 2.75) is 25.8 Å². The van der Waals surface area contributed by atoms with Crippen LogP contribution in [0.5, 0.6) is 0 Å². The maximum absolute atomic E-state index is 12.5. The summed E-state index contributed by atoms with van der Waals surface area (Å²) in [6.07, 6.45) is -4.31. The Labute approximate surface area is 114 Å². The summed E-state index contributed by atoms with van der Waals surface area (Å²) < 4.78 is 38.3. The minimum absolute atomic E-state index is 0.461. The Morgan fingerprint density at radius 1 is 1.18 bits per heavy atom. The van der Waals surface area contributed by atoms with Crippen LogP contribution in [-0.2, 0) is 6.18 Å². The van der Waals surface area contributed by atoms with Gasteiger partial charge < -0.3 is 0 Å². The predicted molar refractivity (Wildman–Crippen MR) is 74.4 cm³/mol. The molecule has 0 aromatic heterocycles. The molecule has 1 aromatic rings. The molecule has 0 fully saturated rings. The highest BCUT2D eigenvalue weighted by Crippen LogP contribution is 2.30. The molecule has 0 bridgehead atoms. The molecule has 1 rings (SSSR count). The summed E-state index contributed by atoms with van der Waals surface area (Å²) in [6.45, 7) is 6.17. The molecule has 0 N–H and O–H groups in total. The summed E-state index contributed by atoms with van der Waals surface area (Å²) in [5.74, 6) is 2.87. The van der Waals surface area contributed by atoms with Crippen molar-refractivity contribution >= 4 is 30.7 Å². The van der Waals surface area contributed by atoms with Crippen molar-refractivity contribution in [2.75, 3.05) is 0 Å². The molecule has 0 saturated carbocycles. The fraction of sp³-hybridized carbons (Fsp3) is 0.333. The van der Waals surface area contributed by atoms with Crippen LogP contribution in [0.2, 0.25) is 19.6 Å². The lowest BCUT2D eigenvalue weighted by molar-refractivity contribution is -0.137. The van der Waals surface area contributed by atoms with E-state index < -0.39 is 19.8 Å². The lowest BCUT2D eigenvalue weighted by Gasteiger charge is -2.08. The van der Waals surface area contributed by atoms with Gasteiger partial charge in [-0.15, -0.1) is 5.54 Å². The molecule has 0 radical (unpaired) electrons. The Hall–Kier alpha value is -0.483. The van der Waals surface area contributed by atoms with Gasteiger partial charge in [-0.05, 0) is 40.8 Å². The molecule has 0 atom stereocenters.